The van der Waals surface area contributed by atoms with Crippen molar-refractivity contribution in [3.63, 3.8) is 0 Å². The molecule has 0 bridgehead atoms. The van der Waals surface area contributed by atoms with E-state index in [2.05, 4.69) is 159 Å². The van der Waals surface area contributed by atoms with Gasteiger partial charge in [0.2, 0.25) is 0 Å². The van der Waals surface area contributed by atoms with Gasteiger partial charge in [-0.25, -0.2) is 0 Å². The summed E-state index contributed by atoms with van der Waals surface area (Å²) in [6.07, 6.45) is 5.08. The molecule has 1 radical (unpaired) electrons. The average molecular weight is 1010 g/mol. The number of hydrogen-bond acceptors (Lipinski definition) is 4. The maximum Gasteiger partial charge on any atom is 0.0799 e. The quantitative estimate of drug-likeness (QED) is 0.123. The first-order valence-electron chi connectivity index (χ1n) is 21.8. The molecule has 0 atom stereocenters. The molecule has 305 valence electrons. The third kappa shape index (κ3) is 8.57. The molecule has 4 aromatic heterocycles. The number of para-hydroxylation sites is 2. The molecular formula is C52H49FIrN4SSi-2. The summed E-state index contributed by atoms with van der Waals surface area (Å²) in [7, 11) is -1.72. The normalized spacial score (nSPS) is 13.2. The summed E-state index contributed by atoms with van der Waals surface area (Å²) >= 11 is 1.76. The van der Waals surface area contributed by atoms with Crippen LogP contribution in [0.3, 0.4) is 0 Å². The maximum atomic E-state index is 14.5. The Bertz CT molecular complexity index is 3140. The summed E-state index contributed by atoms with van der Waals surface area (Å²) in [6.45, 7) is 14.5. The van der Waals surface area contributed by atoms with Crippen molar-refractivity contribution in [2.24, 2.45) is 0 Å². The molecule has 4 nitrogen and oxygen atoms in total. The monoisotopic (exact) mass is 1010 g/mol. The van der Waals surface area contributed by atoms with Crippen LogP contribution in [-0.2, 0) is 25.5 Å². The Morgan fingerprint density at radius 2 is 1.60 bits per heavy atom. The molecule has 0 aliphatic heterocycles. The number of thiophene rings is 1. The fourth-order valence-corrected chi connectivity index (χ4v) is 10.1. The van der Waals surface area contributed by atoms with Gasteiger partial charge >= 0.3 is 0 Å². The molecule has 0 fully saturated rings. The largest absolute Gasteiger partial charge is 0.350 e. The Kier molecular flexibility index (Phi) is 10.8. The Morgan fingerprint density at radius 1 is 0.867 bits per heavy atom. The number of imidazole rings is 1. The van der Waals surface area contributed by atoms with Crippen molar-refractivity contribution in [3.8, 4) is 39.5 Å². The number of pyridine rings is 2. The summed E-state index contributed by atoms with van der Waals surface area (Å²) in [5.41, 5.74) is 9.91. The summed E-state index contributed by atoms with van der Waals surface area (Å²) in [5, 5.41) is 2.24. The van der Waals surface area contributed by atoms with Crippen LogP contribution in [0.15, 0.2) is 128 Å². The van der Waals surface area contributed by atoms with Crippen LogP contribution in [0, 0.1) is 24.9 Å². The standard InChI is InChI=1S/C34H26N3S.C18H23FNSi.Ir/c1-34(2,3)24-17-18-28(26(20-24)22-11-5-4-6-12-22)37-29-15-9-8-14-27(29)36-33(37)23-19-31-32(35-21-23)25-13-7-10-16-30(25)38-31;1-12(2)15-10-17(20-11-18(15)21(4,5)6)14-8-7-13(3)9-16(14)19;/h4-20H,1-3H3;7,9-12H,1-6H3;/q2*-1;/i;3D3,12D;. The first-order valence-corrected chi connectivity index (χ1v) is 24.1. The molecule has 8 heteroatoms. The number of benzene rings is 5. The van der Waals surface area contributed by atoms with Crippen LogP contribution in [-0.4, -0.2) is 27.6 Å². The van der Waals surface area contributed by atoms with Crippen LogP contribution in [0.5, 0.6) is 0 Å². The number of rotatable bonds is 6. The molecule has 0 amide bonds. The topological polar surface area (TPSA) is 43.6 Å². The second-order valence-corrected chi connectivity index (χ2v) is 23.3. The van der Waals surface area contributed by atoms with Gasteiger partial charge in [-0.1, -0.05) is 151 Å². The van der Waals surface area contributed by atoms with Crippen LogP contribution in [0.1, 0.15) is 62.7 Å². The minimum absolute atomic E-state index is 0. The first kappa shape index (κ1) is 37.9. The molecule has 0 N–H and O–H groups in total. The molecule has 5 aromatic carbocycles. The van der Waals surface area contributed by atoms with Crippen molar-refractivity contribution in [2.75, 3.05) is 0 Å². The van der Waals surface area contributed by atoms with Gasteiger partial charge in [-0.05, 0) is 79.9 Å². The van der Waals surface area contributed by atoms with Crippen molar-refractivity contribution < 1.29 is 30.0 Å². The Hall–Kier alpha value is -5.11. The summed E-state index contributed by atoms with van der Waals surface area (Å²) in [5.74, 6) is -0.669. The molecule has 0 aliphatic rings. The number of hydrogen-bond donors (Lipinski definition) is 0. The average Bonchev–Trinajstić information content (AvgIpc) is 3.81. The molecule has 0 saturated heterocycles. The minimum Gasteiger partial charge on any atom is -0.350 e. The third-order valence-corrected chi connectivity index (χ3v) is 13.7. The summed E-state index contributed by atoms with van der Waals surface area (Å²) in [4.78, 5) is 14.3. The fourth-order valence-electron chi connectivity index (χ4n) is 7.42. The zero-order chi connectivity index (χ0) is 45.1. The number of fused-ring (bicyclic) bond motifs is 4. The van der Waals surface area contributed by atoms with Gasteiger partial charge in [0.15, 0.2) is 0 Å². The molecule has 4 heterocycles. The predicted molar refractivity (Wildman–Crippen MR) is 250 cm³/mol. The van der Waals surface area contributed by atoms with E-state index in [1.165, 1.54) is 32.8 Å². The molecule has 0 spiro atoms. The van der Waals surface area contributed by atoms with E-state index in [-0.39, 0.29) is 36.6 Å². The molecule has 0 unspecified atom stereocenters. The number of halogens is 1. The van der Waals surface area contributed by atoms with E-state index >= 15 is 0 Å². The van der Waals surface area contributed by atoms with E-state index < -0.39 is 26.6 Å². The van der Waals surface area contributed by atoms with Gasteiger partial charge < -0.3 is 14.5 Å². The fraction of sp³-hybridized carbons (Fsp3) is 0.212. The van der Waals surface area contributed by atoms with Crippen molar-refractivity contribution in [1.29, 1.82) is 0 Å². The number of aryl methyl sites for hydroxylation is 1. The molecule has 0 saturated carbocycles. The SMILES string of the molecule is CC(C)(C)c1ccc(-n2c(-c3[c-]nc4c(c3)sc3ccccc34)nc3ccccc32)c(-c2ccccc2)c1.[2H]C([2H])([2H])c1c[c-]c(-c2cc(C([2H])(C)C)c([Si](C)(C)C)cn2)c(F)c1.[Ir]. The second-order valence-electron chi connectivity index (χ2n) is 17.2. The van der Waals surface area contributed by atoms with E-state index in [9.17, 15) is 4.39 Å². The smallest absolute Gasteiger partial charge is 0.0799 e. The van der Waals surface area contributed by atoms with Crippen LogP contribution in [0.2, 0.25) is 19.6 Å². The van der Waals surface area contributed by atoms with Crippen LogP contribution in [0.25, 0.3) is 70.8 Å². The van der Waals surface area contributed by atoms with Gasteiger partial charge in [-0.3, -0.25) is 9.37 Å². The van der Waals surface area contributed by atoms with Gasteiger partial charge in [-0.15, -0.1) is 29.8 Å². The molecular weight excluding hydrogens is 952 g/mol. The third-order valence-electron chi connectivity index (χ3n) is 10.5. The molecule has 9 rings (SSSR count). The Balaban J connectivity index is 0.000000206. The minimum atomic E-state index is -2.38. The number of aromatic nitrogens is 4. The first-order chi connectivity index (χ1) is 29.7. The maximum absolute atomic E-state index is 14.5. The van der Waals surface area contributed by atoms with E-state index in [0.29, 0.717) is 5.69 Å². The summed E-state index contributed by atoms with van der Waals surface area (Å²) in [6, 6.07) is 43.2. The van der Waals surface area contributed by atoms with E-state index in [1.807, 2.05) is 6.07 Å². The van der Waals surface area contributed by atoms with Gasteiger partial charge in [0.25, 0.3) is 0 Å². The summed E-state index contributed by atoms with van der Waals surface area (Å²) < 4.78 is 49.7. The molecule has 0 aliphatic carbocycles. The van der Waals surface area contributed by atoms with Gasteiger partial charge in [0, 0.05) is 59.1 Å². The number of nitrogens with zero attached hydrogens (tertiary/aromatic N) is 4. The van der Waals surface area contributed by atoms with Crippen molar-refractivity contribution in [3.05, 3.63) is 162 Å². The zero-order valence-corrected chi connectivity index (χ0v) is 39.2. The van der Waals surface area contributed by atoms with E-state index in [0.717, 1.165) is 55.1 Å². The van der Waals surface area contributed by atoms with Crippen molar-refractivity contribution in [1.82, 2.24) is 19.5 Å². The predicted octanol–water partition coefficient (Wildman–Crippen LogP) is 13.9. The van der Waals surface area contributed by atoms with Crippen molar-refractivity contribution in [2.45, 2.75) is 72.4 Å². The molecule has 9 aromatic rings. The van der Waals surface area contributed by atoms with Gasteiger partial charge in [0.05, 0.1) is 24.9 Å². The van der Waals surface area contributed by atoms with Crippen LogP contribution >= 0.6 is 11.3 Å². The zero-order valence-electron chi connectivity index (χ0n) is 39.0. The Morgan fingerprint density at radius 3 is 2.32 bits per heavy atom. The van der Waals surface area contributed by atoms with E-state index in [4.69, 9.17) is 15.5 Å². The van der Waals surface area contributed by atoms with Crippen LogP contribution < -0.4 is 5.19 Å². The molecule has 60 heavy (non-hydrogen) atoms. The Labute approximate surface area is 377 Å². The van der Waals surface area contributed by atoms with Crippen LogP contribution in [0.4, 0.5) is 4.39 Å². The van der Waals surface area contributed by atoms with E-state index in [1.54, 1.807) is 37.4 Å². The van der Waals surface area contributed by atoms with Gasteiger partial charge in [-0.2, -0.15) is 11.3 Å². The van der Waals surface area contributed by atoms with Gasteiger partial charge in [0.1, 0.15) is 0 Å². The van der Waals surface area contributed by atoms with Crippen molar-refractivity contribution >= 4 is 55.9 Å². The second kappa shape index (κ2) is 17.1.